The highest BCUT2D eigenvalue weighted by atomic mass is 19.1. The first-order valence-electron chi connectivity index (χ1n) is 11.5. The maximum Gasteiger partial charge on any atom is 0.225 e. The summed E-state index contributed by atoms with van der Waals surface area (Å²) in [6.45, 7) is 0.587. The van der Waals surface area contributed by atoms with Crippen LogP contribution in [0.3, 0.4) is 0 Å². The monoisotopic (exact) mass is 466 g/mol. The Morgan fingerprint density at radius 2 is 1.40 bits per heavy atom. The Balaban J connectivity index is 1.51. The molecule has 1 unspecified atom stereocenters. The normalized spacial score (nSPS) is 11.9. The highest BCUT2D eigenvalue weighted by molar-refractivity contribution is 5.93. The van der Waals surface area contributed by atoms with Crippen LogP contribution in [0, 0.1) is 11.6 Å². The molecule has 35 heavy (non-hydrogen) atoms. The van der Waals surface area contributed by atoms with Crippen LogP contribution >= 0.6 is 0 Å². The molecule has 174 valence electrons. The maximum atomic E-state index is 13.4. The van der Waals surface area contributed by atoms with Gasteiger partial charge in [0.25, 0.3) is 0 Å². The van der Waals surface area contributed by atoms with E-state index < -0.39 is 0 Å². The summed E-state index contributed by atoms with van der Waals surface area (Å²) in [5, 5.41) is 3.96. The Bertz CT molecular complexity index is 1440. The van der Waals surface area contributed by atoms with Crippen molar-refractivity contribution in [1.82, 2.24) is 4.57 Å². The van der Waals surface area contributed by atoms with Crippen molar-refractivity contribution in [1.29, 1.82) is 0 Å². The van der Waals surface area contributed by atoms with E-state index >= 15 is 0 Å². The summed E-state index contributed by atoms with van der Waals surface area (Å²) < 4.78 is 28.8. The molecule has 1 amide bonds. The highest BCUT2D eigenvalue weighted by Crippen LogP contribution is 2.35. The van der Waals surface area contributed by atoms with Gasteiger partial charge in [-0.1, -0.05) is 60.7 Å². The number of fused-ring (bicyclic) bond motifs is 1. The van der Waals surface area contributed by atoms with Gasteiger partial charge in [0.1, 0.15) is 11.6 Å². The molecule has 5 aromatic rings. The van der Waals surface area contributed by atoms with E-state index in [0.717, 1.165) is 27.6 Å². The average Bonchev–Trinajstić information content (AvgIpc) is 3.24. The largest absolute Gasteiger partial charge is 0.343 e. The lowest BCUT2D eigenvalue weighted by Gasteiger charge is -2.17. The molecular formula is C30H24F2N2O. The first-order chi connectivity index (χ1) is 17.1. The number of amides is 1. The average molecular weight is 467 g/mol. The van der Waals surface area contributed by atoms with Crippen LogP contribution < -0.4 is 5.32 Å². The number of anilines is 1. The molecule has 1 N–H and O–H groups in total. The Labute approximate surface area is 202 Å². The molecule has 0 fully saturated rings. The van der Waals surface area contributed by atoms with E-state index in [2.05, 4.69) is 28.2 Å². The second kappa shape index (κ2) is 9.94. The fraction of sp³-hybridized carbons (Fsp3) is 0.100. The fourth-order valence-corrected chi connectivity index (χ4v) is 4.49. The SMILES string of the molecule is O=C(CC(c1ccccc1)c1cn(Cc2ccc(F)cc2)c2ccccc12)Nc1ccc(F)cc1. The summed E-state index contributed by atoms with van der Waals surface area (Å²) in [7, 11) is 0. The summed E-state index contributed by atoms with van der Waals surface area (Å²) in [5.74, 6) is -0.945. The lowest BCUT2D eigenvalue weighted by atomic mass is 9.88. The molecule has 5 heteroatoms. The number of carbonyl (C=O) groups is 1. The summed E-state index contributed by atoms with van der Waals surface area (Å²) in [4.78, 5) is 13.1. The minimum atomic E-state index is -0.348. The van der Waals surface area contributed by atoms with Crippen molar-refractivity contribution in [2.75, 3.05) is 5.32 Å². The van der Waals surface area contributed by atoms with Gasteiger partial charge in [0.05, 0.1) is 0 Å². The van der Waals surface area contributed by atoms with Gasteiger partial charge in [0.2, 0.25) is 5.91 Å². The van der Waals surface area contributed by atoms with Crippen LogP contribution in [0.1, 0.15) is 29.0 Å². The third kappa shape index (κ3) is 5.14. The maximum absolute atomic E-state index is 13.4. The van der Waals surface area contributed by atoms with E-state index in [0.29, 0.717) is 12.2 Å². The number of carbonyl (C=O) groups excluding carboxylic acids is 1. The number of nitrogens with zero attached hydrogens (tertiary/aromatic N) is 1. The van der Waals surface area contributed by atoms with E-state index in [-0.39, 0.29) is 29.9 Å². The van der Waals surface area contributed by atoms with Gasteiger partial charge in [-0.15, -0.1) is 0 Å². The van der Waals surface area contributed by atoms with Crippen LogP contribution in [0.4, 0.5) is 14.5 Å². The van der Waals surface area contributed by atoms with Crippen molar-refractivity contribution in [3.8, 4) is 0 Å². The summed E-state index contributed by atoms with van der Waals surface area (Å²) in [6, 6.07) is 30.3. The van der Waals surface area contributed by atoms with Crippen molar-refractivity contribution in [2.24, 2.45) is 0 Å². The Hall–Kier alpha value is -4.25. The minimum Gasteiger partial charge on any atom is -0.343 e. The molecule has 0 aliphatic rings. The van der Waals surface area contributed by atoms with Gasteiger partial charge in [-0.25, -0.2) is 8.78 Å². The second-order valence-electron chi connectivity index (χ2n) is 8.58. The molecule has 1 atom stereocenters. The molecule has 1 heterocycles. The lowest BCUT2D eigenvalue weighted by molar-refractivity contribution is -0.116. The standard InChI is InChI=1S/C30H24F2N2O/c31-23-12-10-21(11-13-23)19-34-20-28(26-8-4-5-9-29(26)34)27(22-6-2-1-3-7-22)18-30(35)33-25-16-14-24(32)15-17-25/h1-17,20,27H,18-19H2,(H,33,35). The van der Waals surface area contributed by atoms with Crippen molar-refractivity contribution in [3.05, 3.63) is 138 Å². The van der Waals surface area contributed by atoms with E-state index in [1.165, 1.54) is 24.3 Å². The first-order valence-corrected chi connectivity index (χ1v) is 11.5. The van der Waals surface area contributed by atoms with E-state index in [1.807, 2.05) is 42.5 Å². The van der Waals surface area contributed by atoms with Gasteiger partial charge in [0, 0.05) is 41.7 Å². The zero-order valence-electron chi connectivity index (χ0n) is 19.0. The van der Waals surface area contributed by atoms with Gasteiger partial charge in [-0.2, -0.15) is 0 Å². The summed E-state index contributed by atoms with van der Waals surface area (Å²) in [6.07, 6.45) is 2.32. The van der Waals surface area contributed by atoms with Gasteiger partial charge in [-0.3, -0.25) is 4.79 Å². The van der Waals surface area contributed by atoms with E-state index in [9.17, 15) is 13.6 Å². The zero-order valence-corrected chi connectivity index (χ0v) is 19.0. The third-order valence-corrected chi connectivity index (χ3v) is 6.18. The topological polar surface area (TPSA) is 34.0 Å². The number of benzene rings is 4. The van der Waals surface area contributed by atoms with Gasteiger partial charge < -0.3 is 9.88 Å². The quantitative estimate of drug-likeness (QED) is 0.272. The van der Waals surface area contributed by atoms with E-state index in [1.54, 1.807) is 24.3 Å². The second-order valence-corrected chi connectivity index (χ2v) is 8.58. The molecule has 0 bridgehead atoms. The third-order valence-electron chi connectivity index (χ3n) is 6.18. The number of nitrogens with one attached hydrogen (secondary N) is 1. The molecule has 1 aromatic heterocycles. The smallest absolute Gasteiger partial charge is 0.225 e. The molecule has 0 saturated carbocycles. The molecule has 0 radical (unpaired) electrons. The number of para-hydroxylation sites is 1. The predicted octanol–water partition coefficient (Wildman–Crippen LogP) is 7.13. The van der Waals surface area contributed by atoms with Crippen LogP contribution in [-0.2, 0) is 11.3 Å². The Kier molecular flexibility index (Phi) is 6.40. The van der Waals surface area contributed by atoms with Crippen molar-refractivity contribution in [3.63, 3.8) is 0 Å². The molecular weight excluding hydrogens is 442 g/mol. The predicted molar refractivity (Wildman–Crippen MR) is 135 cm³/mol. The van der Waals surface area contributed by atoms with Crippen molar-refractivity contribution < 1.29 is 13.6 Å². The van der Waals surface area contributed by atoms with Crippen LogP contribution in [0.15, 0.2) is 109 Å². The Morgan fingerprint density at radius 3 is 2.11 bits per heavy atom. The number of halogens is 2. The number of hydrogen-bond acceptors (Lipinski definition) is 1. The van der Waals surface area contributed by atoms with Crippen molar-refractivity contribution in [2.45, 2.75) is 18.9 Å². The van der Waals surface area contributed by atoms with Gasteiger partial charge in [-0.05, 0) is 59.2 Å². The minimum absolute atomic E-state index is 0.152. The zero-order chi connectivity index (χ0) is 24.2. The lowest BCUT2D eigenvalue weighted by Crippen LogP contribution is -2.16. The molecule has 0 spiro atoms. The highest BCUT2D eigenvalue weighted by Gasteiger charge is 2.23. The van der Waals surface area contributed by atoms with Crippen LogP contribution in [-0.4, -0.2) is 10.5 Å². The van der Waals surface area contributed by atoms with Gasteiger partial charge in [0.15, 0.2) is 0 Å². The van der Waals surface area contributed by atoms with Crippen LogP contribution in [0.2, 0.25) is 0 Å². The first kappa shape index (κ1) is 22.5. The molecule has 5 rings (SSSR count). The Morgan fingerprint density at radius 1 is 0.771 bits per heavy atom. The van der Waals surface area contributed by atoms with Crippen LogP contribution in [0.25, 0.3) is 10.9 Å². The molecule has 0 saturated heterocycles. The number of hydrogen-bond donors (Lipinski definition) is 1. The summed E-state index contributed by atoms with van der Waals surface area (Å²) >= 11 is 0. The number of rotatable bonds is 7. The van der Waals surface area contributed by atoms with Gasteiger partial charge >= 0.3 is 0 Å². The summed E-state index contributed by atoms with van der Waals surface area (Å²) in [5.41, 5.74) is 4.67. The van der Waals surface area contributed by atoms with E-state index in [4.69, 9.17) is 0 Å². The van der Waals surface area contributed by atoms with Crippen LogP contribution in [0.5, 0.6) is 0 Å². The number of aromatic nitrogens is 1. The molecule has 3 nitrogen and oxygen atoms in total. The molecule has 0 aliphatic heterocycles. The molecule has 4 aromatic carbocycles. The van der Waals surface area contributed by atoms with Crippen molar-refractivity contribution >= 4 is 22.5 Å². The fourth-order valence-electron chi connectivity index (χ4n) is 4.49. The molecule has 0 aliphatic carbocycles.